The smallest absolute Gasteiger partial charge is 0.0472 e. The molecule has 0 bridgehead atoms. The van der Waals surface area contributed by atoms with Crippen molar-refractivity contribution in [2.45, 2.75) is 51.5 Å². The standard InChI is InChI=1S/C18H28BrNO/c1-14(2)9-11-21-12-10-15(13-20-16-7-8-16)17-5-3-4-6-18(17)19/h3-6,14-16,20H,7-13H2,1-2H3. The molecular formula is C18H28BrNO. The van der Waals surface area contributed by atoms with Crippen molar-refractivity contribution >= 4 is 15.9 Å². The molecule has 2 nitrogen and oxygen atoms in total. The van der Waals surface area contributed by atoms with Crippen LogP contribution in [-0.2, 0) is 4.74 Å². The van der Waals surface area contributed by atoms with Gasteiger partial charge in [-0.15, -0.1) is 0 Å². The number of ether oxygens (including phenoxy) is 1. The van der Waals surface area contributed by atoms with E-state index in [4.69, 9.17) is 4.74 Å². The molecule has 0 heterocycles. The predicted molar refractivity (Wildman–Crippen MR) is 92.8 cm³/mol. The van der Waals surface area contributed by atoms with Crippen LogP contribution in [0.15, 0.2) is 28.7 Å². The molecule has 0 aromatic heterocycles. The van der Waals surface area contributed by atoms with Gasteiger partial charge in [-0.05, 0) is 49.1 Å². The molecule has 118 valence electrons. The maximum absolute atomic E-state index is 5.82. The van der Waals surface area contributed by atoms with Crippen LogP contribution in [0, 0.1) is 5.92 Å². The SMILES string of the molecule is CC(C)CCOCCC(CNC1CC1)c1ccccc1Br. The van der Waals surface area contributed by atoms with Crippen molar-refractivity contribution in [2.24, 2.45) is 5.92 Å². The van der Waals surface area contributed by atoms with E-state index in [0.717, 1.165) is 44.6 Å². The summed E-state index contributed by atoms with van der Waals surface area (Å²) in [5.41, 5.74) is 1.40. The lowest BCUT2D eigenvalue weighted by molar-refractivity contribution is 0.116. The van der Waals surface area contributed by atoms with Crippen LogP contribution < -0.4 is 5.32 Å². The zero-order valence-electron chi connectivity index (χ0n) is 13.3. The van der Waals surface area contributed by atoms with Gasteiger partial charge in [-0.1, -0.05) is 48.0 Å². The average Bonchev–Trinajstić information content (AvgIpc) is 3.26. The third kappa shape index (κ3) is 6.50. The first-order valence-electron chi connectivity index (χ1n) is 8.22. The molecule has 1 saturated carbocycles. The molecule has 0 amide bonds. The number of hydrogen-bond acceptors (Lipinski definition) is 2. The van der Waals surface area contributed by atoms with Crippen LogP contribution in [-0.4, -0.2) is 25.8 Å². The van der Waals surface area contributed by atoms with Crippen molar-refractivity contribution in [1.29, 1.82) is 0 Å². The predicted octanol–water partition coefficient (Wildman–Crippen LogP) is 4.74. The van der Waals surface area contributed by atoms with Gasteiger partial charge in [0.2, 0.25) is 0 Å². The first-order valence-corrected chi connectivity index (χ1v) is 9.01. The fourth-order valence-electron chi connectivity index (χ4n) is 2.42. The summed E-state index contributed by atoms with van der Waals surface area (Å²) in [4.78, 5) is 0. The molecule has 1 aromatic carbocycles. The second-order valence-electron chi connectivity index (χ2n) is 6.48. The van der Waals surface area contributed by atoms with Gasteiger partial charge in [-0.25, -0.2) is 0 Å². The maximum atomic E-state index is 5.82. The highest BCUT2D eigenvalue weighted by atomic mass is 79.9. The van der Waals surface area contributed by atoms with Crippen molar-refractivity contribution < 1.29 is 4.74 Å². The van der Waals surface area contributed by atoms with E-state index in [2.05, 4.69) is 59.4 Å². The molecule has 1 N–H and O–H groups in total. The van der Waals surface area contributed by atoms with Crippen molar-refractivity contribution in [1.82, 2.24) is 5.32 Å². The Kier molecular flexibility index (Phi) is 7.21. The molecule has 1 fully saturated rings. The Morgan fingerprint density at radius 1 is 1.19 bits per heavy atom. The number of hydrogen-bond donors (Lipinski definition) is 1. The van der Waals surface area contributed by atoms with Gasteiger partial charge < -0.3 is 10.1 Å². The van der Waals surface area contributed by atoms with Crippen LogP contribution in [0.25, 0.3) is 0 Å². The van der Waals surface area contributed by atoms with Crippen LogP contribution in [0.5, 0.6) is 0 Å². The molecule has 21 heavy (non-hydrogen) atoms. The quantitative estimate of drug-likeness (QED) is 0.613. The van der Waals surface area contributed by atoms with Gasteiger partial charge in [0.05, 0.1) is 0 Å². The molecule has 0 saturated heterocycles. The normalized spacial score (nSPS) is 16.4. The number of halogens is 1. The zero-order valence-corrected chi connectivity index (χ0v) is 14.9. The summed E-state index contributed by atoms with van der Waals surface area (Å²) in [5.74, 6) is 1.25. The summed E-state index contributed by atoms with van der Waals surface area (Å²) in [7, 11) is 0. The van der Waals surface area contributed by atoms with E-state index in [1.54, 1.807) is 0 Å². The number of nitrogens with one attached hydrogen (secondary N) is 1. The second-order valence-corrected chi connectivity index (χ2v) is 7.34. The molecule has 2 rings (SSSR count). The Morgan fingerprint density at radius 3 is 2.57 bits per heavy atom. The van der Waals surface area contributed by atoms with E-state index in [9.17, 15) is 0 Å². The van der Waals surface area contributed by atoms with E-state index in [-0.39, 0.29) is 0 Å². The van der Waals surface area contributed by atoms with Gasteiger partial charge in [0, 0.05) is 30.3 Å². The minimum Gasteiger partial charge on any atom is -0.381 e. The van der Waals surface area contributed by atoms with E-state index >= 15 is 0 Å². The van der Waals surface area contributed by atoms with Crippen LogP contribution in [0.1, 0.15) is 51.0 Å². The molecule has 1 aliphatic rings. The van der Waals surface area contributed by atoms with Crippen molar-refractivity contribution in [3.8, 4) is 0 Å². The monoisotopic (exact) mass is 353 g/mol. The van der Waals surface area contributed by atoms with Gasteiger partial charge in [-0.2, -0.15) is 0 Å². The first-order chi connectivity index (χ1) is 10.2. The van der Waals surface area contributed by atoms with Crippen molar-refractivity contribution in [3.63, 3.8) is 0 Å². The Balaban J connectivity index is 1.81. The zero-order chi connectivity index (χ0) is 15.1. The lowest BCUT2D eigenvalue weighted by Crippen LogP contribution is -2.24. The number of rotatable bonds is 10. The summed E-state index contributed by atoms with van der Waals surface area (Å²) in [6.07, 6.45) is 4.92. The van der Waals surface area contributed by atoms with Crippen LogP contribution >= 0.6 is 15.9 Å². The summed E-state index contributed by atoms with van der Waals surface area (Å²) < 4.78 is 7.03. The van der Waals surface area contributed by atoms with Crippen LogP contribution in [0.2, 0.25) is 0 Å². The summed E-state index contributed by atoms with van der Waals surface area (Å²) in [6, 6.07) is 9.34. The highest BCUT2D eigenvalue weighted by molar-refractivity contribution is 9.10. The summed E-state index contributed by atoms with van der Waals surface area (Å²) in [5, 5.41) is 3.67. The lowest BCUT2D eigenvalue weighted by Gasteiger charge is -2.20. The molecule has 0 radical (unpaired) electrons. The topological polar surface area (TPSA) is 21.3 Å². The molecule has 1 atom stereocenters. The molecular weight excluding hydrogens is 326 g/mol. The Labute approximate surface area is 137 Å². The average molecular weight is 354 g/mol. The highest BCUT2D eigenvalue weighted by Crippen LogP contribution is 2.28. The van der Waals surface area contributed by atoms with Crippen molar-refractivity contribution in [3.05, 3.63) is 34.3 Å². The van der Waals surface area contributed by atoms with Gasteiger partial charge in [0.15, 0.2) is 0 Å². The van der Waals surface area contributed by atoms with Crippen LogP contribution in [0.3, 0.4) is 0 Å². The minimum atomic E-state index is 0.528. The number of benzene rings is 1. The highest BCUT2D eigenvalue weighted by Gasteiger charge is 2.23. The maximum Gasteiger partial charge on any atom is 0.0472 e. The Bertz CT molecular complexity index is 417. The Hall–Kier alpha value is -0.380. The molecule has 0 aliphatic heterocycles. The van der Waals surface area contributed by atoms with E-state index < -0.39 is 0 Å². The first kappa shape index (κ1) is 17.0. The third-order valence-electron chi connectivity index (χ3n) is 4.03. The fraction of sp³-hybridized carbons (Fsp3) is 0.667. The van der Waals surface area contributed by atoms with E-state index in [0.29, 0.717) is 5.92 Å². The molecule has 1 aromatic rings. The minimum absolute atomic E-state index is 0.528. The second kappa shape index (κ2) is 8.92. The Morgan fingerprint density at radius 2 is 1.90 bits per heavy atom. The van der Waals surface area contributed by atoms with Crippen LogP contribution in [0.4, 0.5) is 0 Å². The van der Waals surface area contributed by atoms with E-state index in [1.165, 1.54) is 22.9 Å². The van der Waals surface area contributed by atoms with Gasteiger partial charge in [0.25, 0.3) is 0 Å². The summed E-state index contributed by atoms with van der Waals surface area (Å²) >= 11 is 3.69. The molecule has 1 unspecified atom stereocenters. The van der Waals surface area contributed by atoms with Gasteiger partial charge in [0.1, 0.15) is 0 Å². The lowest BCUT2D eigenvalue weighted by atomic mass is 9.96. The van der Waals surface area contributed by atoms with Gasteiger partial charge >= 0.3 is 0 Å². The van der Waals surface area contributed by atoms with Crippen molar-refractivity contribution in [2.75, 3.05) is 19.8 Å². The fourth-order valence-corrected chi connectivity index (χ4v) is 3.03. The third-order valence-corrected chi connectivity index (χ3v) is 4.75. The largest absolute Gasteiger partial charge is 0.381 e. The summed E-state index contributed by atoms with van der Waals surface area (Å²) in [6.45, 7) is 7.28. The van der Waals surface area contributed by atoms with Gasteiger partial charge in [-0.3, -0.25) is 0 Å². The van der Waals surface area contributed by atoms with E-state index in [1.807, 2.05) is 0 Å². The molecule has 0 spiro atoms. The molecule has 3 heteroatoms. The molecule has 1 aliphatic carbocycles.